The second kappa shape index (κ2) is 4.91. The van der Waals surface area contributed by atoms with Gasteiger partial charge in [0.25, 0.3) is 10.0 Å². The Bertz CT molecular complexity index is 633. The van der Waals surface area contributed by atoms with E-state index in [0.717, 1.165) is 5.56 Å². The molecule has 1 aromatic carbocycles. The zero-order valence-electron chi connectivity index (χ0n) is 10.3. The van der Waals surface area contributed by atoms with E-state index < -0.39 is 10.0 Å². The first-order chi connectivity index (χ1) is 8.50. The first-order valence-electron chi connectivity index (χ1n) is 5.52. The number of nitrogens with one attached hydrogen (secondary N) is 1. The molecule has 0 aliphatic carbocycles. The van der Waals surface area contributed by atoms with Crippen molar-refractivity contribution in [1.82, 2.24) is 14.3 Å². The highest BCUT2D eigenvalue weighted by Crippen LogP contribution is 2.10. The Morgan fingerprint density at radius 3 is 2.50 bits per heavy atom. The lowest BCUT2D eigenvalue weighted by atomic mass is 10.2. The van der Waals surface area contributed by atoms with Crippen LogP contribution in [0.5, 0.6) is 0 Å². The molecule has 1 aromatic heterocycles. The van der Waals surface area contributed by atoms with Gasteiger partial charge in [-0.3, -0.25) is 0 Å². The molecule has 1 N–H and O–H groups in total. The highest BCUT2D eigenvalue weighted by molar-refractivity contribution is 7.89. The quantitative estimate of drug-likeness (QED) is 0.903. The third-order valence-corrected chi connectivity index (χ3v) is 4.22. The second-order valence-corrected chi connectivity index (χ2v) is 5.73. The lowest BCUT2D eigenvalue weighted by molar-refractivity contribution is 0.570. The van der Waals surface area contributed by atoms with Gasteiger partial charge in [0.1, 0.15) is 5.82 Å². The van der Waals surface area contributed by atoms with Gasteiger partial charge in [0.2, 0.25) is 0 Å². The third kappa shape index (κ3) is 2.60. The van der Waals surface area contributed by atoms with Crippen molar-refractivity contribution in [2.75, 3.05) is 0 Å². The average molecular weight is 265 g/mol. The lowest BCUT2D eigenvalue weighted by Crippen LogP contribution is -2.25. The van der Waals surface area contributed by atoms with Gasteiger partial charge in [0, 0.05) is 13.6 Å². The maximum absolute atomic E-state index is 12.1. The Morgan fingerprint density at radius 2 is 1.94 bits per heavy atom. The minimum Gasteiger partial charge on any atom is -0.321 e. The van der Waals surface area contributed by atoms with Gasteiger partial charge in [-0.25, -0.2) is 18.1 Å². The van der Waals surface area contributed by atoms with E-state index in [1.807, 2.05) is 30.3 Å². The molecule has 2 rings (SSSR count). The van der Waals surface area contributed by atoms with E-state index in [-0.39, 0.29) is 11.6 Å². The summed E-state index contributed by atoms with van der Waals surface area (Å²) in [5.74, 6) is 0.662. The van der Waals surface area contributed by atoms with Crippen LogP contribution in [0.4, 0.5) is 0 Å². The number of aromatic nitrogens is 2. The molecule has 0 spiro atoms. The molecule has 1 heterocycles. The predicted molar refractivity (Wildman–Crippen MR) is 68.4 cm³/mol. The third-order valence-electron chi connectivity index (χ3n) is 2.76. The summed E-state index contributed by atoms with van der Waals surface area (Å²) in [5, 5.41) is 0.177. The first kappa shape index (κ1) is 12.8. The molecule has 0 unspecified atom stereocenters. The SMILES string of the molecule is Cc1ncc(S(=O)(=O)NCc2ccccc2)n1C. The normalized spacial score (nSPS) is 11.7. The van der Waals surface area contributed by atoms with E-state index >= 15 is 0 Å². The number of hydrogen-bond donors (Lipinski definition) is 1. The van der Waals surface area contributed by atoms with Crippen LogP contribution in [0.3, 0.4) is 0 Å². The smallest absolute Gasteiger partial charge is 0.258 e. The largest absolute Gasteiger partial charge is 0.321 e. The lowest BCUT2D eigenvalue weighted by Gasteiger charge is -2.07. The topological polar surface area (TPSA) is 64.0 Å². The van der Waals surface area contributed by atoms with E-state index in [1.165, 1.54) is 6.20 Å². The van der Waals surface area contributed by atoms with Gasteiger partial charge in [0.15, 0.2) is 5.03 Å². The molecule has 0 fully saturated rings. The first-order valence-corrected chi connectivity index (χ1v) is 7.01. The Kier molecular flexibility index (Phi) is 3.49. The van der Waals surface area contributed by atoms with Crippen LogP contribution in [0, 0.1) is 6.92 Å². The monoisotopic (exact) mass is 265 g/mol. The van der Waals surface area contributed by atoms with Crippen LogP contribution >= 0.6 is 0 Å². The number of nitrogens with zero attached hydrogens (tertiary/aromatic N) is 2. The van der Waals surface area contributed by atoms with Crippen LogP contribution in [-0.4, -0.2) is 18.0 Å². The summed E-state index contributed by atoms with van der Waals surface area (Å²) in [6.07, 6.45) is 1.36. The summed E-state index contributed by atoms with van der Waals surface area (Å²) < 4.78 is 28.2. The van der Waals surface area contributed by atoms with Gasteiger partial charge < -0.3 is 4.57 Å². The number of sulfonamides is 1. The van der Waals surface area contributed by atoms with Crippen molar-refractivity contribution in [3.05, 3.63) is 47.9 Å². The highest BCUT2D eigenvalue weighted by Gasteiger charge is 2.18. The zero-order valence-corrected chi connectivity index (χ0v) is 11.1. The highest BCUT2D eigenvalue weighted by atomic mass is 32.2. The fourth-order valence-electron chi connectivity index (χ4n) is 1.58. The summed E-state index contributed by atoms with van der Waals surface area (Å²) in [6.45, 7) is 2.03. The maximum Gasteiger partial charge on any atom is 0.258 e. The van der Waals surface area contributed by atoms with Crippen LogP contribution in [0.1, 0.15) is 11.4 Å². The van der Waals surface area contributed by atoms with Gasteiger partial charge in [-0.2, -0.15) is 0 Å². The van der Waals surface area contributed by atoms with Gasteiger partial charge in [0.05, 0.1) is 6.20 Å². The van der Waals surface area contributed by atoms with Crippen LogP contribution < -0.4 is 4.72 Å². The van der Waals surface area contributed by atoms with Crippen molar-refractivity contribution in [3.8, 4) is 0 Å². The average Bonchev–Trinajstić information content (AvgIpc) is 2.70. The molecule has 2 aromatic rings. The second-order valence-electron chi connectivity index (χ2n) is 4.01. The Balaban J connectivity index is 2.16. The van der Waals surface area contributed by atoms with Crippen molar-refractivity contribution in [1.29, 1.82) is 0 Å². The minimum absolute atomic E-state index is 0.177. The molecule has 18 heavy (non-hydrogen) atoms. The Labute approximate surface area is 107 Å². The predicted octanol–water partition coefficient (Wildman–Crippen LogP) is 1.21. The summed E-state index contributed by atoms with van der Waals surface area (Å²) in [7, 11) is -1.84. The molecule has 5 nitrogen and oxygen atoms in total. The van der Waals surface area contributed by atoms with Gasteiger partial charge >= 0.3 is 0 Å². The summed E-state index contributed by atoms with van der Waals surface area (Å²) in [5.41, 5.74) is 0.917. The molecule has 0 saturated heterocycles. The molecule has 0 aliphatic rings. The van der Waals surface area contributed by atoms with Crippen LogP contribution in [0.2, 0.25) is 0 Å². The molecule has 0 radical (unpaired) electrons. The van der Waals surface area contributed by atoms with Gasteiger partial charge in [-0.15, -0.1) is 0 Å². The molecule has 0 atom stereocenters. The maximum atomic E-state index is 12.1. The van der Waals surface area contributed by atoms with Crippen molar-refractivity contribution < 1.29 is 8.42 Å². The van der Waals surface area contributed by atoms with E-state index in [2.05, 4.69) is 9.71 Å². The van der Waals surface area contributed by atoms with E-state index in [9.17, 15) is 8.42 Å². The molecule has 0 aliphatic heterocycles. The van der Waals surface area contributed by atoms with Crippen LogP contribution in [0.25, 0.3) is 0 Å². The number of rotatable bonds is 4. The van der Waals surface area contributed by atoms with E-state index in [4.69, 9.17) is 0 Å². The summed E-state index contributed by atoms with van der Waals surface area (Å²) in [6, 6.07) is 9.38. The summed E-state index contributed by atoms with van der Waals surface area (Å²) >= 11 is 0. The zero-order chi connectivity index (χ0) is 13.2. The summed E-state index contributed by atoms with van der Waals surface area (Å²) in [4.78, 5) is 3.98. The molecule has 96 valence electrons. The number of hydrogen-bond acceptors (Lipinski definition) is 3. The van der Waals surface area contributed by atoms with Crippen molar-refractivity contribution in [2.24, 2.45) is 7.05 Å². The molecule has 0 amide bonds. The van der Waals surface area contributed by atoms with Crippen LogP contribution in [0.15, 0.2) is 41.6 Å². The molecule has 6 heteroatoms. The van der Waals surface area contributed by atoms with E-state index in [0.29, 0.717) is 5.82 Å². The van der Waals surface area contributed by atoms with Crippen molar-refractivity contribution in [2.45, 2.75) is 18.5 Å². The number of aryl methyl sites for hydroxylation is 1. The van der Waals surface area contributed by atoms with E-state index in [1.54, 1.807) is 18.5 Å². The Morgan fingerprint density at radius 1 is 1.28 bits per heavy atom. The van der Waals surface area contributed by atoms with Crippen molar-refractivity contribution in [3.63, 3.8) is 0 Å². The number of benzene rings is 1. The Hall–Kier alpha value is -1.66. The fraction of sp³-hybridized carbons (Fsp3) is 0.250. The number of imidazole rings is 1. The molecular formula is C12H15N3O2S. The molecular weight excluding hydrogens is 250 g/mol. The fourth-order valence-corrected chi connectivity index (χ4v) is 2.77. The van der Waals surface area contributed by atoms with Gasteiger partial charge in [-0.05, 0) is 12.5 Å². The minimum atomic E-state index is -3.52. The van der Waals surface area contributed by atoms with Crippen molar-refractivity contribution >= 4 is 10.0 Å². The van der Waals surface area contributed by atoms with Crippen LogP contribution in [-0.2, 0) is 23.6 Å². The molecule has 0 saturated carbocycles. The standard InChI is InChI=1S/C12H15N3O2S/c1-10-13-9-12(15(10)2)18(16,17)14-8-11-6-4-3-5-7-11/h3-7,9,14H,8H2,1-2H3. The molecule has 0 bridgehead atoms. The van der Waals surface area contributed by atoms with Gasteiger partial charge in [-0.1, -0.05) is 30.3 Å².